The first-order chi connectivity index (χ1) is 9.22. The number of carbonyl (C=O) groups excluding carboxylic acids is 1. The quantitative estimate of drug-likeness (QED) is 0.826. The van der Waals surface area contributed by atoms with E-state index >= 15 is 0 Å². The fraction of sp³-hybridized carbons (Fsp3) is 0.933. The van der Waals surface area contributed by atoms with E-state index in [9.17, 15) is 4.79 Å². The van der Waals surface area contributed by atoms with Crippen molar-refractivity contribution in [2.75, 3.05) is 26.3 Å². The Morgan fingerprint density at radius 2 is 1.95 bits per heavy atom. The highest BCUT2D eigenvalue weighted by Gasteiger charge is 2.28. The maximum Gasteiger partial charge on any atom is 0.239 e. The van der Waals surface area contributed by atoms with Gasteiger partial charge in [0.05, 0.1) is 19.3 Å². The molecule has 0 unspecified atom stereocenters. The molecule has 110 valence electrons. The van der Waals surface area contributed by atoms with E-state index in [-0.39, 0.29) is 11.9 Å². The molecule has 1 saturated carbocycles. The fourth-order valence-corrected chi connectivity index (χ4v) is 3.28. The van der Waals surface area contributed by atoms with Crippen LogP contribution in [-0.2, 0) is 9.53 Å². The number of hydrogen-bond donors (Lipinski definition) is 1. The summed E-state index contributed by atoms with van der Waals surface area (Å²) in [7, 11) is 0. The van der Waals surface area contributed by atoms with Gasteiger partial charge in [-0.25, -0.2) is 0 Å². The second kappa shape index (κ2) is 7.25. The summed E-state index contributed by atoms with van der Waals surface area (Å²) < 4.78 is 5.31. The summed E-state index contributed by atoms with van der Waals surface area (Å²) in [5, 5.41) is 3.57. The van der Waals surface area contributed by atoms with E-state index in [0.29, 0.717) is 19.3 Å². The van der Waals surface area contributed by atoms with E-state index in [4.69, 9.17) is 4.74 Å². The third-order valence-electron chi connectivity index (χ3n) is 4.60. The number of nitrogens with zero attached hydrogens (tertiary/aromatic N) is 1. The molecule has 1 saturated heterocycles. The predicted molar refractivity (Wildman–Crippen MR) is 76.0 cm³/mol. The van der Waals surface area contributed by atoms with Crippen LogP contribution in [0.4, 0.5) is 0 Å². The zero-order valence-corrected chi connectivity index (χ0v) is 12.4. The lowest BCUT2D eigenvalue weighted by molar-refractivity contribution is -0.137. The minimum atomic E-state index is -0.0197. The van der Waals surface area contributed by atoms with Crippen molar-refractivity contribution in [2.45, 2.75) is 58.0 Å². The maximum atomic E-state index is 12.5. The summed E-state index contributed by atoms with van der Waals surface area (Å²) in [6.07, 6.45) is 6.20. The van der Waals surface area contributed by atoms with Crippen LogP contribution in [0.2, 0.25) is 0 Å². The Kier molecular flexibility index (Phi) is 5.64. The van der Waals surface area contributed by atoms with Crippen LogP contribution in [0.15, 0.2) is 0 Å². The van der Waals surface area contributed by atoms with Crippen molar-refractivity contribution in [3.05, 3.63) is 0 Å². The monoisotopic (exact) mass is 268 g/mol. The predicted octanol–water partition coefficient (Wildman–Crippen LogP) is 1.79. The molecule has 2 fully saturated rings. The molecule has 4 nitrogen and oxygen atoms in total. The van der Waals surface area contributed by atoms with Gasteiger partial charge in [-0.3, -0.25) is 4.79 Å². The zero-order chi connectivity index (χ0) is 13.7. The number of rotatable bonds is 5. The molecule has 0 bridgehead atoms. The summed E-state index contributed by atoms with van der Waals surface area (Å²) in [6.45, 7) is 7.19. The maximum absolute atomic E-state index is 12.5. The highest BCUT2D eigenvalue weighted by atomic mass is 16.5. The molecular formula is C15H28N2O2. The Labute approximate surface area is 116 Å². The van der Waals surface area contributed by atoms with Gasteiger partial charge in [0.1, 0.15) is 0 Å². The summed E-state index contributed by atoms with van der Waals surface area (Å²) >= 11 is 0. The lowest BCUT2D eigenvalue weighted by Crippen LogP contribution is -2.53. The van der Waals surface area contributed by atoms with Gasteiger partial charge in [0, 0.05) is 19.1 Å². The van der Waals surface area contributed by atoms with Gasteiger partial charge in [-0.05, 0) is 32.1 Å². The number of ether oxygens (including phenoxy) is 1. The average molecular weight is 268 g/mol. The Bertz CT molecular complexity index is 284. The summed E-state index contributed by atoms with van der Waals surface area (Å²) in [6, 6.07) is 0.436. The Morgan fingerprint density at radius 1 is 1.32 bits per heavy atom. The minimum absolute atomic E-state index is 0.0197. The van der Waals surface area contributed by atoms with Crippen molar-refractivity contribution in [3.8, 4) is 0 Å². The van der Waals surface area contributed by atoms with Crippen molar-refractivity contribution >= 4 is 5.91 Å². The molecule has 19 heavy (non-hydrogen) atoms. The van der Waals surface area contributed by atoms with Gasteiger partial charge in [0.15, 0.2) is 0 Å². The number of carbonyl (C=O) groups is 1. The van der Waals surface area contributed by atoms with E-state index in [2.05, 4.69) is 19.2 Å². The molecule has 1 aliphatic carbocycles. The first-order valence-electron chi connectivity index (χ1n) is 7.85. The van der Waals surface area contributed by atoms with Gasteiger partial charge in [-0.2, -0.15) is 0 Å². The molecule has 0 radical (unpaired) electrons. The molecule has 2 atom stereocenters. The van der Waals surface area contributed by atoms with Gasteiger partial charge in [0.2, 0.25) is 5.91 Å². The molecule has 2 aliphatic rings. The molecule has 0 aromatic rings. The third-order valence-corrected chi connectivity index (χ3v) is 4.60. The lowest BCUT2D eigenvalue weighted by atomic mass is 9.98. The van der Waals surface area contributed by atoms with Crippen molar-refractivity contribution in [1.82, 2.24) is 10.2 Å². The SMILES string of the molecule is CC[C@H](N[C@H](C)C1CCCC1)C(=O)N1CCOCC1. The fourth-order valence-electron chi connectivity index (χ4n) is 3.28. The van der Waals surface area contributed by atoms with E-state index in [0.717, 1.165) is 25.4 Å². The van der Waals surface area contributed by atoms with Crippen LogP contribution in [0.5, 0.6) is 0 Å². The summed E-state index contributed by atoms with van der Waals surface area (Å²) in [5.74, 6) is 1.02. The number of morpholine rings is 1. The van der Waals surface area contributed by atoms with Crippen LogP contribution >= 0.6 is 0 Å². The topological polar surface area (TPSA) is 41.6 Å². The third kappa shape index (κ3) is 3.93. The number of amides is 1. The highest BCUT2D eigenvalue weighted by Crippen LogP contribution is 2.27. The van der Waals surface area contributed by atoms with Crippen LogP contribution < -0.4 is 5.32 Å². The molecule has 0 spiro atoms. The number of nitrogens with one attached hydrogen (secondary N) is 1. The normalized spacial score (nSPS) is 24.4. The van der Waals surface area contributed by atoms with Crippen molar-refractivity contribution in [1.29, 1.82) is 0 Å². The lowest BCUT2D eigenvalue weighted by Gasteiger charge is -2.32. The van der Waals surface area contributed by atoms with Gasteiger partial charge in [-0.15, -0.1) is 0 Å². The largest absolute Gasteiger partial charge is 0.378 e. The van der Waals surface area contributed by atoms with Crippen molar-refractivity contribution < 1.29 is 9.53 Å². The Balaban J connectivity index is 1.85. The molecule has 1 amide bonds. The Hall–Kier alpha value is -0.610. The van der Waals surface area contributed by atoms with Crippen LogP contribution in [0.1, 0.15) is 46.0 Å². The van der Waals surface area contributed by atoms with Crippen molar-refractivity contribution in [3.63, 3.8) is 0 Å². The first kappa shape index (κ1) is 14.8. The summed E-state index contributed by atoms with van der Waals surface area (Å²) in [5.41, 5.74) is 0. The Morgan fingerprint density at radius 3 is 2.53 bits per heavy atom. The second-order valence-corrected chi connectivity index (χ2v) is 5.90. The van der Waals surface area contributed by atoms with Crippen LogP contribution in [0.3, 0.4) is 0 Å². The smallest absolute Gasteiger partial charge is 0.239 e. The standard InChI is InChI=1S/C15H28N2O2/c1-3-14(15(18)17-8-10-19-11-9-17)16-12(2)13-6-4-5-7-13/h12-14,16H,3-11H2,1-2H3/t12-,14+/m1/s1. The molecular weight excluding hydrogens is 240 g/mol. The average Bonchev–Trinajstić information content (AvgIpc) is 2.99. The van der Waals surface area contributed by atoms with E-state index in [1.165, 1.54) is 25.7 Å². The van der Waals surface area contributed by atoms with E-state index in [1.807, 2.05) is 4.90 Å². The van der Waals surface area contributed by atoms with Gasteiger partial charge in [0.25, 0.3) is 0 Å². The zero-order valence-electron chi connectivity index (χ0n) is 12.4. The van der Waals surface area contributed by atoms with Gasteiger partial charge >= 0.3 is 0 Å². The molecule has 1 heterocycles. The number of hydrogen-bond acceptors (Lipinski definition) is 3. The van der Waals surface area contributed by atoms with Gasteiger partial charge in [-0.1, -0.05) is 19.8 Å². The van der Waals surface area contributed by atoms with Crippen molar-refractivity contribution in [2.24, 2.45) is 5.92 Å². The molecule has 1 N–H and O–H groups in total. The molecule has 4 heteroatoms. The molecule has 0 aromatic carbocycles. The van der Waals surface area contributed by atoms with Gasteiger partial charge < -0.3 is 15.0 Å². The molecule has 1 aliphatic heterocycles. The first-order valence-corrected chi connectivity index (χ1v) is 7.85. The van der Waals surface area contributed by atoms with E-state index in [1.54, 1.807) is 0 Å². The van der Waals surface area contributed by atoms with Crippen LogP contribution in [-0.4, -0.2) is 49.2 Å². The molecule has 2 rings (SSSR count). The summed E-state index contributed by atoms with van der Waals surface area (Å²) in [4.78, 5) is 14.4. The van der Waals surface area contributed by atoms with E-state index < -0.39 is 0 Å². The minimum Gasteiger partial charge on any atom is -0.378 e. The highest BCUT2D eigenvalue weighted by molar-refractivity contribution is 5.82. The van der Waals surface area contributed by atoms with Crippen LogP contribution in [0.25, 0.3) is 0 Å². The second-order valence-electron chi connectivity index (χ2n) is 5.90. The van der Waals surface area contributed by atoms with Crippen LogP contribution in [0, 0.1) is 5.92 Å². The molecule has 0 aromatic heterocycles.